The third-order valence-electron chi connectivity index (χ3n) is 4.17. The molecule has 0 aliphatic carbocycles. The van der Waals surface area contributed by atoms with Crippen LogP contribution >= 0.6 is 0 Å². The number of nitrogens with one attached hydrogen (secondary N) is 1. The molecule has 2 aromatic heterocycles. The van der Waals surface area contributed by atoms with E-state index in [-0.39, 0.29) is 5.92 Å². The molecule has 130 valence electrons. The Hall–Kier alpha value is -2.25. The van der Waals surface area contributed by atoms with Gasteiger partial charge < -0.3 is 20.1 Å². The van der Waals surface area contributed by atoms with Crippen LogP contribution in [0.5, 0.6) is 0 Å². The normalized spacial score (nSPS) is 15.0. The predicted octanol–water partition coefficient (Wildman–Crippen LogP) is 0.733. The molecule has 0 radical (unpaired) electrons. The molecule has 0 aliphatic rings. The van der Waals surface area contributed by atoms with Crippen molar-refractivity contribution in [1.29, 1.82) is 0 Å². The minimum Gasteiger partial charge on any atom is -0.480 e. The first-order chi connectivity index (χ1) is 11.5. The van der Waals surface area contributed by atoms with Gasteiger partial charge in [0, 0.05) is 37.8 Å². The van der Waals surface area contributed by atoms with Crippen molar-refractivity contribution < 1.29 is 15.0 Å². The van der Waals surface area contributed by atoms with E-state index in [4.69, 9.17) is 5.11 Å². The van der Waals surface area contributed by atoms with Crippen molar-refractivity contribution in [3.63, 3.8) is 0 Å². The number of likely N-dealkylation sites (N-methyl/N-ethyl adjacent to an activating group) is 1. The molecule has 3 atom stereocenters. The molecule has 0 saturated carbocycles. The minimum atomic E-state index is -1.06. The molecule has 2 aromatic rings. The maximum atomic E-state index is 11.2. The lowest BCUT2D eigenvalue weighted by Crippen LogP contribution is -2.47. The number of carbonyl (C=O) groups is 1. The first kappa shape index (κ1) is 18.1. The Morgan fingerprint density at radius 2 is 2.21 bits per heavy atom. The van der Waals surface area contributed by atoms with Crippen LogP contribution in [0, 0.1) is 5.92 Å². The Morgan fingerprint density at radius 1 is 1.42 bits per heavy atom. The quantitative estimate of drug-likeness (QED) is 0.626. The first-order valence-corrected chi connectivity index (χ1v) is 8.00. The van der Waals surface area contributed by atoms with Crippen LogP contribution in [-0.4, -0.2) is 49.9 Å². The third-order valence-corrected chi connectivity index (χ3v) is 4.17. The van der Waals surface area contributed by atoms with Gasteiger partial charge in [0.25, 0.3) is 0 Å². The summed E-state index contributed by atoms with van der Waals surface area (Å²) in [6.07, 6.45) is 7.57. The van der Waals surface area contributed by atoms with Crippen LogP contribution < -0.4 is 5.32 Å². The van der Waals surface area contributed by atoms with Gasteiger partial charge in [-0.25, -0.2) is 4.98 Å². The zero-order valence-electron chi connectivity index (χ0n) is 14.0. The second-order valence-electron chi connectivity index (χ2n) is 5.92. The van der Waals surface area contributed by atoms with Gasteiger partial charge in [-0.3, -0.25) is 9.78 Å². The van der Waals surface area contributed by atoms with Crippen molar-refractivity contribution in [2.24, 2.45) is 5.92 Å². The maximum Gasteiger partial charge on any atom is 0.323 e. The Morgan fingerprint density at radius 3 is 2.83 bits per heavy atom. The molecule has 3 unspecified atom stereocenters. The van der Waals surface area contributed by atoms with E-state index in [0.717, 1.165) is 24.4 Å². The highest BCUT2D eigenvalue weighted by Crippen LogP contribution is 2.15. The molecule has 7 heteroatoms. The van der Waals surface area contributed by atoms with Gasteiger partial charge in [0.2, 0.25) is 0 Å². The summed E-state index contributed by atoms with van der Waals surface area (Å²) in [6.45, 7) is 2.59. The van der Waals surface area contributed by atoms with Gasteiger partial charge in [-0.15, -0.1) is 0 Å². The van der Waals surface area contributed by atoms with Gasteiger partial charge in [0.1, 0.15) is 11.9 Å². The van der Waals surface area contributed by atoms with Crippen molar-refractivity contribution in [3.05, 3.63) is 48.3 Å². The number of aliphatic hydroxyl groups excluding tert-OH is 1. The van der Waals surface area contributed by atoms with E-state index in [1.165, 1.54) is 7.05 Å². The fourth-order valence-corrected chi connectivity index (χ4v) is 2.71. The van der Waals surface area contributed by atoms with Crippen LogP contribution in [0.3, 0.4) is 0 Å². The van der Waals surface area contributed by atoms with E-state index in [0.29, 0.717) is 6.42 Å². The Balaban J connectivity index is 1.98. The number of aromatic nitrogens is 3. The smallest absolute Gasteiger partial charge is 0.323 e. The fourth-order valence-electron chi connectivity index (χ4n) is 2.71. The standard InChI is InChI=1S/C17H24N4O3/c1-12(16(22)15(18-2)17(23)24)10-14-20-7-9-21(14)8-5-13-4-3-6-19-11-13/h3-4,6-7,9,11-12,15-16,18,22H,5,8,10H2,1-2H3,(H,23,24). The molecule has 0 amide bonds. The van der Waals surface area contributed by atoms with Crippen LogP contribution in [-0.2, 0) is 24.2 Å². The summed E-state index contributed by atoms with van der Waals surface area (Å²) in [7, 11) is 1.53. The van der Waals surface area contributed by atoms with Gasteiger partial charge in [0.15, 0.2) is 0 Å². The molecule has 0 aliphatic heterocycles. The summed E-state index contributed by atoms with van der Waals surface area (Å²) in [6, 6.07) is 2.95. The van der Waals surface area contributed by atoms with Crippen molar-refractivity contribution in [2.75, 3.05) is 7.05 Å². The van der Waals surface area contributed by atoms with Gasteiger partial charge in [-0.05, 0) is 31.0 Å². The average Bonchev–Trinajstić information content (AvgIpc) is 3.01. The van der Waals surface area contributed by atoms with Crippen LogP contribution in [0.2, 0.25) is 0 Å². The number of aryl methyl sites for hydroxylation is 2. The van der Waals surface area contributed by atoms with Crippen LogP contribution in [0.4, 0.5) is 0 Å². The lowest BCUT2D eigenvalue weighted by Gasteiger charge is -2.24. The number of nitrogens with zero attached hydrogens (tertiary/aromatic N) is 3. The maximum absolute atomic E-state index is 11.2. The molecule has 3 N–H and O–H groups in total. The summed E-state index contributed by atoms with van der Waals surface area (Å²) in [5.74, 6) is -0.458. The fraction of sp³-hybridized carbons (Fsp3) is 0.471. The largest absolute Gasteiger partial charge is 0.480 e. The van der Waals surface area contributed by atoms with E-state index < -0.39 is 18.1 Å². The molecule has 0 saturated heterocycles. The SMILES string of the molecule is CNC(C(=O)O)C(O)C(C)Cc1nccn1CCc1cccnc1. The number of aliphatic carboxylic acids is 1. The van der Waals surface area contributed by atoms with E-state index in [9.17, 15) is 9.90 Å². The Kier molecular flexibility index (Phi) is 6.45. The third kappa shape index (κ3) is 4.62. The number of aliphatic hydroxyl groups is 1. The van der Waals surface area contributed by atoms with Crippen LogP contribution in [0.1, 0.15) is 18.3 Å². The van der Waals surface area contributed by atoms with Crippen LogP contribution in [0.15, 0.2) is 36.9 Å². The second kappa shape index (κ2) is 8.56. The molecule has 0 fully saturated rings. The number of carboxylic acids is 1. The zero-order valence-corrected chi connectivity index (χ0v) is 14.0. The highest BCUT2D eigenvalue weighted by Gasteiger charge is 2.30. The molecular formula is C17H24N4O3. The lowest BCUT2D eigenvalue weighted by molar-refractivity contribution is -0.143. The highest BCUT2D eigenvalue weighted by molar-refractivity contribution is 5.74. The average molecular weight is 332 g/mol. The monoisotopic (exact) mass is 332 g/mol. The number of rotatable bonds is 9. The number of hydrogen-bond donors (Lipinski definition) is 3. The van der Waals surface area contributed by atoms with Gasteiger partial charge in [0.05, 0.1) is 6.10 Å². The summed E-state index contributed by atoms with van der Waals surface area (Å²) < 4.78 is 2.03. The van der Waals surface area contributed by atoms with E-state index in [1.54, 1.807) is 12.4 Å². The molecule has 0 bridgehead atoms. The number of carboxylic acid groups (broad SMARTS) is 1. The van der Waals surface area contributed by atoms with Crippen molar-refractivity contribution >= 4 is 5.97 Å². The molecule has 0 aromatic carbocycles. The van der Waals surface area contributed by atoms with Crippen molar-refractivity contribution in [3.8, 4) is 0 Å². The van der Waals surface area contributed by atoms with Gasteiger partial charge >= 0.3 is 5.97 Å². The van der Waals surface area contributed by atoms with Crippen molar-refractivity contribution in [2.45, 2.75) is 38.5 Å². The van der Waals surface area contributed by atoms with Gasteiger partial charge in [-0.2, -0.15) is 0 Å². The van der Waals surface area contributed by atoms with Crippen molar-refractivity contribution in [1.82, 2.24) is 19.9 Å². The zero-order chi connectivity index (χ0) is 17.5. The summed E-state index contributed by atoms with van der Waals surface area (Å²) in [5.41, 5.74) is 1.14. The van der Waals surface area contributed by atoms with E-state index in [2.05, 4.69) is 15.3 Å². The highest BCUT2D eigenvalue weighted by atomic mass is 16.4. The molecule has 7 nitrogen and oxygen atoms in total. The molecule has 0 spiro atoms. The number of imidazole rings is 1. The Bertz CT molecular complexity index is 644. The number of pyridine rings is 1. The summed E-state index contributed by atoms with van der Waals surface area (Å²) >= 11 is 0. The second-order valence-corrected chi connectivity index (χ2v) is 5.92. The lowest BCUT2D eigenvalue weighted by atomic mass is 9.94. The van der Waals surface area contributed by atoms with Gasteiger partial charge in [-0.1, -0.05) is 13.0 Å². The Labute approximate surface area is 141 Å². The molecule has 2 rings (SSSR count). The molecule has 2 heterocycles. The van der Waals surface area contributed by atoms with E-state index in [1.807, 2.05) is 36.0 Å². The van der Waals surface area contributed by atoms with Crippen LogP contribution in [0.25, 0.3) is 0 Å². The summed E-state index contributed by atoms with van der Waals surface area (Å²) in [4.78, 5) is 19.6. The molecule has 24 heavy (non-hydrogen) atoms. The predicted molar refractivity (Wildman–Crippen MR) is 89.5 cm³/mol. The minimum absolute atomic E-state index is 0.238. The number of hydrogen-bond acceptors (Lipinski definition) is 5. The van der Waals surface area contributed by atoms with E-state index >= 15 is 0 Å². The molecular weight excluding hydrogens is 308 g/mol. The topological polar surface area (TPSA) is 100 Å². The summed E-state index contributed by atoms with van der Waals surface area (Å²) in [5, 5.41) is 22.0. The first-order valence-electron chi connectivity index (χ1n) is 8.00.